The fraction of sp³-hybridized carbons (Fsp3) is 0.381. The second-order valence-corrected chi connectivity index (χ2v) is 6.68. The molecule has 0 spiro atoms. The first-order chi connectivity index (χ1) is 12.6. The summed E-state index contributed by atoms with van der Waals surface area (Å²) >= 11 is 0. The predicted octanol–water partition coefficient (Wildman–Crippen LogP) is 3.66. The molecular weight excluding hydrogens is 328 g/mol. The summed E-state index contributed by atoms with van der Waals surface area (Å²) in [6.07, 6.45) is 0. The van der Waals surface area contributed by atoms with Crippen LogP contribution >= 0.6 is 0 Å². The number of nitrogens with zero attached hydrogens (tertiary/aromatic N) is 1. The number of para-hydroxylation sites is 2. The number of ether oxygens (including phenoxy) is 2. The van der Waals surface area contributed by atoms with Gasteiger partial charge in [0.25, 0.3) is 5.91 Å². The van der Waals surface area contributed by atoms with E-state index in [4.69, 9.17) is 9.47 Å². The molecule has 1 fully saturated rings. The second kappa shape index (κ2) is 8.72. The number of carbonyl (C=O) groups is 1. The van der Waals surface area contributed by atoms with E-state index in [9.17, 15) is 4.79 Å². The van der Waals surface area contributed by atoms with Gasteiger partial charge in [-0.05, 0) is 35.7 Å². The summed E-state index contributed by atoms with van der Waals surface area (Å²) in [5.74, 6) is 0.973. The molecule has 26 heavy (non-hydrogen) atoms. The highest BCUT2D eigenvalue weighted by Gasteiger charge is 2.16. The van der Waals surface area contributed by atoms with E-state index < -0.39 is 0 Å². The Kier molecular flexibility index (Phi) is 6.12. The Morgan fingerprint density at radius 3 is 2.69 bits per heavy atom. The van der Waals surface area contributed by atoms with Gasteiger partial charge in [-0.25, -0.2) is 0 Å². The van der Waals surface area contributed by atoms with E-state index in [-0.39, 0.29) is 12.5 Å². The molecule has 1 N–H and O–H groups in total. The van der Waals surface area contributed by atoms with Gasteiger partial charge in [0.1, 0.15) is 5.75 Å². The molecule has 0 radical (unpaired) electrons. The molecule has 0 aliphatic carbocycles. The highest BCUT2D eigenvalue weighted by atomic mass is 16.5. The van der Waals surface area contributed by atoms with E-state index >= 15 is 0 Å². The average molecular weight is 354 g/mol. The highest BCUT2D eigenvalue weighted by Crippen LogP contribution is 2.26. The van der Waals surface area contributed by atoms with Crippen LogP contribution in [0.5, 0.6) is 5.75 Å². The van der Waals surface area contributed by atoms with Gasteiger partial charge in [0.2, 0.25) is 0 Å². The van der Waals surface area contributed by atoms with Crippen molar-refractivity contribution < 1.29 is 14.3 Å². The van der Waals surface area contributed by atoms with Gasteiger partial charge in [0.15, 0.2) is 6.61 Å². The van der Waals surface area contributed by atoms with Crippen LogP contribution in [0.15, 0.2) is 48.5 Å². The topological polar surface area (TPSA) is 50.8 Å². The molecule has 0 unspecified atom stereocenters. The van der Waals surface area contributed by atoms with Gasteiger partial charge in [0.05, 0.1) is 24.6 Å². The van der Waals surface area contributed by atoms with Crippen molar-refractivity contribution in [2.75, 3.05) is 43.1 Å². The fourth-order valence-corrected chi connectivity index (χ4v) is 2.96. The molecule has 5 nitrogen and oxygen atoms in total. The van der Waals surface area contributed by atoms with Gasteiger partial charge in [-0.1, -0.05) is 38.1 Å². The molecule has 0 aromatic heterocycles. The van der Waals surface area contributed by atoms with Gasteiger partial charge in [-0.3, -0.25) is 4.79 Å². The summed E-state index contributed by atoms with van der Waals surface area (Å²) in [6, 6.07) is 15.7. The zero-order valence-electron chi connectivity index (χ0n) is 15.4. The minimum Gasteiger partial charge on any atom is -0.484 e. The van der Waals surface area contributed by atoms with E-state index in [1.807, 2.05) is 42.5 Å². The smallest absolute Gasteiger partial charge is 0.262 e. The minimum atomic E-state index is -0.166. The number of morpholine rings is 1. The molecule has 2 aromatic carbocycles. The zero-order valence-corrected chi connectivity index (χ0v) is 15.4. The first kappa shape index (κ1) is 18.3. The van der Waals surface area contributed by atoms with Crippen molar-refractivity contribution in [2.24, 2.45) is 0 Å². The molecule has 1 saturated heterocycles. The van der Waals surface area contributed by atoms with Gasteiger partial charge < -0.3 is 19.7 Å². The van der Waals surface area contributed by atoms with Gasteiger partial charge in [-0.2, -0.15) is 0 Å². The average Bonchev–Trinajstić information content (AvgIpc) is 2.68. The lowest BCUT2D eigenvalue weighted by atomic mass is 10.0. The maximum Gasteiger partial charge on any atom is 0.262 e. The predicted molar refractivity (Wildman–Crippen MR) is 104 cm³/mol. The number of amides is 1. The maximum absolute atomic E-state index is 12.4. The summed E-state index contributed by atoms with van der Waals surface area (Å²) in [6.45, 7) is 7.31. The number of rotatable bonds is 6. The number of hydrogen-bond donors (Lipinski definition) is 1. The van der Waals surface area contributed by atoms with Crippen molar-refractivity contribution in [3.05, 3.63) is 54.1 Å². The third-order valence-electron chi connectivity index (χ3n) is 4.42. The van der Waals surface area contributed by atoms with Gasteiger partial charge in [0, 0.05) is 13.1 Å². The molecule has 0 saturated carbocycles. The van der Waals surface area contributed by atoms with E-state index in [0.717, 1.165) is 24.5 Å². The third-order valence-corrected chi connectivity index (χ3v) is 4.42. The van der Waals surface area contributed by atoms with Crippen LogP contribution in [0.4, 0.5) is 11.4 Å². The number of hydrogen-bond acceptors (Lipinski definition) is 4. The molecule has 5 heteroatoms. The normalized spacial score (nSPS) is 14.3. The van der Waals surface area contributed by atoms with Crippen LogP contribution in [0.1, 0.15) is 25.3 Å². The minimum absolute atomic E-state index is 0.0149. The Bertz CT molecular complexity index is 740. The lowest BCUT2D eigenvalue weighted by molar-refractivity contribution is -0.118. The monoisotopic (exact) mass is 354 g/mol. The Hall–Kier alpha value is -2.53. The number of anilines is 2. The van der Waals surface area contributed by atoms with Crippen molar-refractivity contribution in [3.8, 4) is 5.75 Å². The molecule has 1 amide bonds. The van der Waals surface area contributed by atoms with Crippen LogP contribution < -0.4 is 15.0 Å². The summed E-state index contributed by atoms with van der Waals surface area (Å²) in [5, 5.41) is 2.97. The Morgan fingerprint density at radius 1 is 1.15 bits per heavy atom. The molecule has 2 aromatic rings. The maximum atomic E-state index is 12.4. The number of nitrogens with one attached hydrogen (secondary N) is 1. The summed E-state index contributed by atoms with van der Waals surface area (Å²) in [7, 11) is 0. The molecule has 1 heterocycles. The van der Waals surface area contributed by atoms with E-state index in [0.29, 0.717) is 24.9 Å². The van der Waals surface area contributed by atoms with Crippen LogP contribution in [0.25, 0.3) is 0 Å². The fourth-order valence-electron chi connectivity index (χ4n) is 2.96. The Morgan fingerprint density at radius 2 is 1.92 bits per heavy atom. The van der Waals surface area contributed by atoms with Crippen molar-refractivity contribution in [1.29, 1.82) is 0 Å². The largest absolute Gasteiger partial charge is 0.484 e. The summed E-state index contributed by atoms with van der Waals surface area (Å²) in [5.41, 5.74) is 3.02. The number of benzene rings is 2. The van der Waals surface area contributed by atoms with Crippen molar-refractivity contribution >= 4 is 17.3 Å². The van der Waals surface area contributed by atoms with Crippen molar-refractivity contribution in [3.63, 3.8) is 0 Å². The molecule has 138 valence electrons. The standard InChI is InChI=1S/C21H26N2O3/c1-16(2)17-6-5-7-18(14-17)26-15-21(24)22-19-8-3-4-9-20(19)23-10-12-25-13-11-23/h3-9,14,16H,10-13,15H2,1-2H3,(H,22,24). The van der Waals surface area contributed by atoms with Gasteiger partial charge >= 0.3 is 0 Å². The number of carbonyl (C=O) groups excluding carboxylic acids is 1. The van der Waals surface area contributed by atoms with Crippen LogP contribution in [0.3, 0.4) is 0 Å². The van der Waals surface area contributed by atoms with E-state index in [2.05, 4.69) is 30.1 Å². The van der Waals surface area contributed by atoms with Crippen molar-refractivity contribution in [2.45, 2.75) is 19.8 Å². The van der Waals surface area contributed by atoms with Gasteiger partial charge in [-0.15, -0.1) is 0 Å². The van der Waals surface area contributed by atoms with Crippen LogP contribution in [0.2, 0.25) is 0 Å². The third kappa shape index (κ3) is 4.76. The first-order valence-electron chi connectivity index (χ1n) is 9.08. The lowest BCUT2D eigenvalue weighted by Crippen LogP contribution is -2.37. The molecule has 3 rings (SSSR count). The van der Waals surface area contributed by atoms with Crippen molar-refractivity contribution in [1.82, 2.24) is 0 Å². The SMILES string of the molecule is CC(C)c1cccc(OCC(=O)Nc2ccccc2N2CCOCC2)c1. The quantitative estimate of drug-likeness (QED) is 0.860. The molecule has 0 atom stereocenters. The Labute approximate surface area is 154 Å². The van der Waals surface area contributed by atoms with E-state index in [1.165, 1.54) is 5.56 Å². The van der Waals surface area contributed by atoms with Crippen LogP contribution in [-0.2, 0) is 9.53 Å². The molecule has 1 aliphatic heterocycles. The van der Waals surface area contributed by atoms with E-state index in [1.54, 1.807) is 0 Å². The van der Waals surface area contributed by atoms with Crippen LogP contribution in [-0.4, -0.2) is 38.8 Å². The summed E-state index contributed by atoms with van der Waals surface area (Å²) in [4.78, 5) is 14.6. The lowest BCUT2D eigenvalue weighted by Gasteiger charge is -2.30. The molecule has 1 aliphatic rings. The zero-order chi connectivity index (χ0) is 18.4. The summed E-state index contributed by atoms with van der Waals surface area (Å²) < 4.78 is 11.1. The van der Waals surface area contributed by atoms with Crippen LogP contribution in [0, 0.1) is 0 Å². The Balaban J connectivity index is 1.61. The second-order valence-electron chi connectivity index (χ2n) is 6.68. The first-order valence-corrected chi connectivity index (χ1v) is 9.08. The molecular formula is C21H26N2O3. The molecule has 0 bridgehead atoms. The highest BCUT2D eigenvalue weighted by molar-refractivity contribution is 5.95.